The topological polar surface area (TPSA) is 29.3 Å². The lowest BCUT2D eigenvalue weighted by Crippen LogP contribution is -2.35. The van der Waals surface area contributed by atoms with Crippen LogP contribution in [-0.4, -0.2) is 12.7 Å². The summed E-state index contributed by atoms with van der Waals surface area (Å²) >= 11 is 0. The Balaban J connectivity index is 2.14. The van der Waals surface area contributed by atoms with Gasteiger partial charge in [0.25, 0.3) is 0 Å². The van der Waals surface area contributed by atoms with E-state index in [1.165, 1.54) is 5.01 Å². The average molecular weight is 292 g/mol. The molecule has 0 bridgehead atoms. The zero-order valence-electron chi connectivity index (χ0n) is 11.3. The number of fused-ring (bicyclic) bond motifs is 3. The van der Waals surface area contributed by atoms with Crippen molar-refractivity contribution in [1.29, 1.82) is 0 Å². The highest BCUT2D eigenvalue weighted by Gasteiger charge is 2.35. The van der Waals surface area contributed by atoms with Crippen LogP contribution in [0.15, 0.2) is 48.5 Å². The molecule has 0 aliphatic carbocycles. The molecule has 0 amide bonds. The highest BCUT2D eigenvalue weighted by atomic mass is 19.4. The number of anilines is 1. The van der Waals surface area contributed by atoms with Gasteiger partial charge in [0.2, 0.25) is 0 Å². The summed E-state index contributed by atoms with van der Waals surface area (Å²) in [6.45, 7) is 0.146. The Morgan fingerprint density at radius 3 is 2.33 bits per heavy atom. The summed E-state index contributed by atoms with van der Waals surface area (Å²) in [6, 6.07) is 14.7. The Kier molecular flexibility index (Phi) is 3.37. The zero-order chi connectivity index (χ0) is 15.0. The lowest BCUT2D eigenvalue weighted by atomic mass is 9.89. The molecule has 21 heavy (non-hydrogen) atoms. The summed E-state index contributed by atoms with van der Waals surface area (Å²) in [4.78, 5) is 0. The maximum absolute atomic E-state index is 12.9. The van der Waals surface area contributed by atoms with E-state index in [2.05, 4.69) is 0 Å². The van der Waals surface area contributed by atoms with Gasteiger partial charge < -0.3 is 5.01 Å². The number of nitrogens with two attached hydrogens (primary N) is 1. The maximum atomic E-state index is 12.9. The Hall–Kier alpha value is -2.01. The third kappa shape index (κ3) is 2.74. The summed E-state index contributed by atoms with van der Waals surface area (Å²) in [7, 11) is 0. The number of alkyl halides is 3. The standard InChI is InChI=1S/C16H15F3N2/c17-16(18,19)9-11-10-21(20)15-8-4-3-7-14(15)13-6-2-1-5-12(11)13/h1-8,11H,9-10,20H2. The maximum Gasteiger partial charge on any atom is 0.389 e. The normalized spacial score (nSPS) is 17.9. The monoisotopic (exact) mass is 292 g/mol. The SMILES string of the molecule is NN1CC(CC(F)(F)F)c2ccccc2-c2ccccc21. The molecule has 3 rings (SSSR count). The fraction of sp³-hybridized carbons (Fsp3) is 0.250. The van der Waals surface area contributed by atoms with Crippen molar-refractivity contribution in [3.05, 3.63) is 54.1 Å². The van der Waals surface area contributed by atoms with Gasteiger partial charge in [0.15, 0.2) is 0 Å². The first-order valence-corrected chi connectivity index (χ1v) is 6.73. The Morgan fingerprint density at radius 2 is 1.62 bits per heavy atom. The second kappa shape index (κ2) is 5.07. The predicted molar refractivity (Wildman–Crippen MR) is 76.8 cm³/mol. The second-order valence-electron chi connectivity index (χ2n) is 5.27. The van der Waals surface area contributed by atoms with E-state index in [-0.39, 0.29) is 6.54 Å². The van der Waals surface area contributed by atoms with E-state index in [1.54, 1.807) is 12.1 Å². The molecule has 0 fully saturated rings. The molecular weight excluding hydrogens is 277 g/mol. The molecule has 0 aromatic heterocycles. The first-order chi connectivity index (χ1) is 9.96. The Labute approximate surface area is 121 Å². The minimum atomic E-state index is -4.21. The Morgan fingerprint density at radius 1 is 1.00 bits per heavy atom. The van der Waals surface area contributed by atoms with Gasteiger partial charge in [-0.25, -0.2) is 5.84 Å². The van der Waals surface area contributed by atoms with Crippen LogP contribution in [0.1, 0.15) is 17.9 Å². The molecular formula is C16H15F3N2. The lowest BCUT2D eigenvalue weighted by Gasteiger charge is -2.24. The molecule has 0 saturated carbocycles. The fourth-order valence-corrected chi connectivity index (χ4v) is 2.94. The Bertz CT molecular complexity index is 652. The summed E-state index contributed by atoms with van der Waals surface area (Å²) in [5.74, 6) is 5.33. The van der Waals surface area contributed by atoms with Crippen LogP contribution in [0.25, 0.3) is 11.1 Å². The molecule has 0 radical (unpaired) electrons. The van der Waals surface area contributed by atoms with E-state index in [1.807, 2.05) is 36.4 Å². The fourth-order valence-electron chi connectivity index (χ4n) is 2.94. The van der Waals surface area contributed by atoms with Crippen molar-refractivity contribution >= 4 is 5.69 Å². The van der Waals surface area contributed by atoms with Crippen LogP contribution >= 0.6 is 0 Å². The van der Waals surface area contributed by atoms with Gasteiger partial charge >= 0.3 is 6.18 Å². The number of para-hydroxylation sites is 1. The number of benzene rings is 2. The molecule has 2 aromatic carbocycles. The number of nitrogens with zero attached hydrogens (tertiary/aromatic N) is 1. The lowest BCUT2D eigenvalue weighted by molar-refractivity contribution is -0.138. The number of hydrogen-bond acceptors (Lipinski definition) is 2. The minimum absolute atomic E-state index is 0.146. The minimum Gasteiger partial charge on any atom is -0.310 e. The van der Waals surface area contributed by atoms with Crippen LogP contribution in [0, 0.1) is 0 Å². The van der Waals surface area contributed by atoms with Crippen LogP contribution < -0.4 is 10.9 Å². The molecule has 1 aliphatic rings. The molecule has 5 heteroatoms. The van der Waals surface area contributed by atoms with Gasteiger partial charge in [0.05, 0.1) is 12.1 Å². The van der Waals surface area contributed by atoms with Crippen molar-refractivity contribution in [3.63, 3.8) is 0 Å². The largest absolute Gasteiger partial charge is 0.389 e. The van der Waals surface area contributed by atoms with Crippen molar-refractivity contribution in [2.75, 3.05) is 11.6 Å². The van der Waals surface area contributed by atoms with Gasteiger partial charge in [0, 0.05) is 18.0 Å². The van der Waals surface area contributed by atoms with Crippen LogP contribution in [-0.2, 0) is 0 Å². The van der Waals surface area contributed by atoms with Crippen molar-refractivity contribution in [2.24, 2.45) is 5.84 Å². The smallest absolute Gasteiger partial charge is 0.310 e. The van der Waals surface area contributed by atoms with E-state index in [4.69, 9.17) is 5.84 Å². The third-order valence-electron chi connectivity index (χ3n) is 3.80. The molecule has 2 nitrogen and oxygen atoms in total. The molecule has 1 heterocycles. The molecule has 1 unspecified atom stereocenters. The summed E-state index contributed by atoms with van der Waals surface area (Å²) in [6.07, 6.45) is -5.08. The van der Waals surface area contributed by atoms with E-state index >= 15 is 0 Å². The van der Waals surface area contributed by atoms with Gasteiger partial charge in [-0.2, -0.15) is 13.2 Å². The van der Waals surface area contributed by atoms with Gasteiger partial charge in [-0.15, -0.1) is 0 Å². The zero-order valence-corrected chi connectivity index (χ0v) is 11.3. The van der Waals surface area contributed by atoms with Gasteiger partial charge in [-0.1, -0.05) is 42.5 Å². The van der Waals surface area contributed by atoms with Crippen molar-refractivity contribution in [3.8, 4) is 11.1 Å². The van der Waals surface area contributed by atoms with Crippen molar-refractivity contribution in [1.82, 2.24) is 0 Å². The van der Waals surface area contributed by atoms with E-state index in [0.717, 1.165) is 16.8 Å². The number of rotatable bonds is 1. The highest BCUT2D eigenvalue weighted by Crippen LogP contribution is 2.42. The molecule has 2 aromatic rings. The highest BCUT2D eigenvalue weighted by molar-refractivity contribution is 5.82. The average Bonchev–Trinajstić information content (AvgIpc) is 2.55. The summed E-state index contributed by atoms with van der Waals surface area (Å²) in [5, 5.41) is 1.42. The van der Waals surface area contributed by atoms with Crippen LogP contribution in [0.2, 0.25) is 0 Å². The van der Waals surface area contributed by atoms with Gasteiger partial charge in [-0.3, -0.25) is 0 Å². The second-order valence-corrected chi connectivity index (χ2v) is 5.27. The first kappa shape index (κ1) is 13.9. The molecule has 0 saturated heterocycles. The number of hydrazine groups is 1. The van der Waals surface area contributed by atoms with Gasteiger partial charge in [-0.05, 0) is 17.2 Å². The first-order valence-electron chi connectivity index (χ1n) is 6.73. The van der Waals surface area contributed by atoms with Crippen LogP contribution in [0.4, 0.5) is 18.9 Å². The van der Waals surface area contributed by atoms with Crippen LogP contribution in [0.5, 0.6) is 0 Å². The summed E-state index contributed by atoms with van der Waals surface area (Å²) in [5.41, 5.74) is 3.17. The van der Waals surface area contributed by atoms with Gasteiger partial charge in [0.1, 0.15) is 0 Å². The van der Waals surface area contributed by atoms with Crippen molar-refractivity contribution in [2.45, 2.75) is 18.5 Å². The number of halogens is 3. The predicted octanol–water partition coefficient (Wildman–Crippen LogP) is 4.08. The van der Waals surface area contributed by atoms with E-state index in [9.17, 15) is 13.2 Å². The quantitative estimate of drug-likeness (QED) is 0.802. The molecule has 0 spiro atoms. The van der Waals surface area contributed by atoms with E-state index in [0.29, 0.717) is 5.56 Å². The van der Waals surface area contributed by atoms with Crippen molar-refractivity contribution < 1.29 is 13.2 Å². The van der Waals surface area contributed by atoms with Crippen LogP contribution in [0.3, 0.4) is 0 Å². The summed E-state index contributed by atoms with van der Waals surface area (Å²) < 4.78 is 38.6. The third-order valence-corrected chi connectivity index (χ3v) is 3.80. The van der Waals surface area contributed by atoms with E-state index < -0.39 is 18.5 Å². The number of hydrogen-bond donors (Lipinski definition) is 1. The molecule has 110 valence electrons. The molecule has 1 aliphatic heterocycles. The molecule has 1 atom stereocenters. The molecule has 2 N–H and O–H groups in total.